The van der Waals surface area contributed by atoms with Crippen molar-refractivity contribution in [1.82, 2.24) is 0 Å². The van der Waals surface area contributed by atoms with E-state index in [-0.39, 0.29) is 36.9 Å². The van der Waals surface area contributed by atoms with E-state index in [1.807, 2.05) is 33.8 Å². The topological polar surface area (TPSA) is 204 Å². The molecule has 57 heavy (non-hydrogen) atoms. The van der Waals surface area contributed by atoms with Crippen LogP contribution < -0.4 is 35.6 Å². The molecule has 18 heteroatoms. The molecule has 3 N–H and O–H groups in total. The number of anilines is 3. The van der Waals surface area contributed by atoms with E-state index in [1.165, 1.54) is 45.6 Å². The first-order valence-corrected chi connectivity index (χ1v) is 17.5. The Labute approximate surface area is 329 Å². The first kappa shape index (κ1) is 41.6. The summed E-state index contributed by atoms with van der Waals surface area (Å²) in [4.78, 5) is 48.0. The van der Waals surface area contributed by atoms with E-state index in [4.69, 9.17) is 37.7 Å². The van der Waals surface area contributed by atoms with Gasteiger partial charge in [-0.2, -0.15) is 0 Å². The third-order valence-corrected chi connectivity index (χ3v) is 9.28. The fourth-order valence-corrected chi connectivity index (χ4v) is 5.44. The van der Waals surface area contributed by atoms with E-state index in [1.54, 1.807) is 48.5 Å². The van der Waals surface area contributed by atoms with E-state index < -0.39 is 41.5 Å². The van der Waals surface area contributed by atoms with Crippen molar-refractivity contribution in [1.29, 1.82) is 0 Å². The highest BCUT2D eigenvalue weighted by Gasteiger charge is 2.51. The zero-order valence-electron chi connectivity index (χ0n) is 32.5. The van der Waals surface area contributed by atoms with E-state index in [2.05, 4.69) is 16.0 Å². The molecular formula is C39H43BN4O13. The molecule has 5 rings (SSSR count). The number of ether oxygens (including phenoxy) is 6. The second-order valence-corrected chi connectivity index (χ2v) is 13.6. The molecule has 0 atom stereocenters. The number of nitrogens with one attached hydrogen (secondary N) is 3. The van der Waals surface area contributed by atoms with Crippen molar-refractivity contribution in [2.24, 2.45) is 0 Å². The molecule has 0 unspecified atom stereocenters. The SMILES string of the molecule is COc1cc(NC(=O)OCc2ccc(NC(=O)OCc3ccc(B4OC(C)(C)C(C)(C)O4)cc3OC)cc2)ccc1COC(=O)Nc1ccc([N+](=O)[O-])c(OC)c1. The molecule has 1 saturated heterocycles. The van der Waals surface area contributed by atoms with Gasteiger partial charge < -0.3 is 37.7 Å². The summed E-state index contributed by atoms with van der Waals surface area (Å²) in [5.41, 5.74) is 2.44. The molecule has 0 radical (unpaired) electrons. The number of nitro groups is 1. The molecule has 4 aromatic carbocycles. The first-order chi connectivity index (χ1) is 27.1. The van der Waals surface area contributed by atoms with E-state index in [9.17, 15) is 24.5 Å². The smallest absolute Gasteiger partial charge is 0.494 e. The summed E-state index contributed by atoms with van der Waals surface area (Å²) in [7, 11) is 3.67. The maximum Gasteiger partial charge on any atom is 0.494 e. The van der Waals surface area contributed by atoms with Crippen molar-refractivity contribution in [3.63, 3.8) is 0 Å². The summed E-state index contributed by atoms with van der Waals surface area (Å²) in [6.45, 7) is 7.64. The average molecular weight is 787 g/mol. The van der Waals surface area contributed by atoms with Crippen LogP contribution in [-0.4, -0.2) is 62.9 Å². The van der Waals surface area contributed by atoms with Crippen LogP contribution in [0.25, 0.3) is 0 Å². The molecule has 1 heterocycles. The molecule has 300 valence electrons. The number of nitrogens with zero attached hydrogens (tertiary/aromatic N) is 1. The Hall–Kier alpha value is -6.53. The maximum atomic E-state index is 12.6. The normalized spacial score (nSPS) is 13.8. The second kappa shape index (κ2) is 18.0. The molecule has 3 amide bonds. The number of carbonyl (C=O) groups excluding carboxylic acids is 3. The van der Waals surface area contributed by atoms with Gasteiger partial charge in [0.25, 0.3) is 0 Å². The van der Waals surface area contributed by atoms with Gasteiger partial charge in [-0.25, -0.2) is 14.4 Å². The molecule has 0 aromatic heterocycles. The van der Waals surface area contributed by atoms with Crippen molar-refractivity contribution in [2.45, 2.75) is 58.7 Å². The van der Waals surface area contributed by atoms with Crippen LogP contribution in [0.3, 0.4) is 0 Å². The van der Waals surface area contributed by atoms with Crippen LogP contribution in [0.1, 0.15) is 44.4 Å². The van der Waals surface area contributed by atoms with Gasteiger partial charge in [0.2, 0.25) is 0 Å². The van der Waals surface area contributed by atoms with Gasteiger partial charge in [-0.3, -0.25) is 26.1 Å². The molecule has 1 aliphatic rings. The molecule has 0 spiro atoms. The third-order valence-electron chi connectivity index (χ3n) is 9.28. The van der Waals surface area contributed by atoms with Gasteiger partial charge in [0.15, 0.2) is 5.75 Å². The van der Waals surface area contributed by atoms with Crippen LogP contribution >= 0.6 is 0 Å². The van der Waals surface area contributed by atoms with Crippen LogP contribution in [0.5, 0.6) is 17.2 Å². The summed E-state index contributed by atoms with van der Waals surface area (Å²) < 4.78 is 44.3. The van der Waals surface area contributed by atoms with Crippen LogP contribution in [0.4, 0.5) is 37.1 Å². The molecule has 1 aliphatic heterocycles. The minimum atomic E-state index is -0.819. The van der Waals surface area contributed by atoms with Crippen LogP contribution in [0, 0.1) is 10.1 Å². The third kappa shape index (κ3) is 10.6. The van der Waals surface area contributed by atoms with Gasteiger partial charge in [0.05, 0.1) is 37.5 Å². The predicted octanol–water partition coefficient (Wildman–Crippen LogP) is 7.17. The number of hydrogen-bond donors (Lipinski definition) is 3. The summed E-state index contributed by atoms with van der Waals surface area (Å²) in [5.74, 6) is 0.828. The minimum Gasteiger partial charge on any atom is -0.496 e. The minimum absolute atomic E-state index is 0.0249. The Kier molecular flexibility index (Phi) is 13.1. The Bertz CT molecular complexity index is 2090. The van der Waals surface area contributed by atoms with Gasteiger partial charge in [-0.05, 0) is 75.1 Å². The lowest BCUT2D eigenvalue weighted by atomic mass is 9.78. The standard InChI is InChI=1S/C39H43BN4O13/c1-38(2)39(3,4)57-40(56-38)27-12-10-25(32(18-27)50-5)22-54-35(45)41-28-13-8-24(9-14-28)21-53-36(46)42-29-15-11-26(33(19-29)51-6)23-55-37(47)43-30-16-17-31(44(48)49)34(20-30)52-7/h8-20H,21-23H2,1-7H3,(H,41,45)(H,42,46)(H,43,47). The lowest BCUT2D eigenvalue weighted by Gasteiger charge is -2.32. The lowest BCUT2D eigenvalue weighted by Crippen LogP contribution is -2.41. The first-order valence-electron chi connectivity index (χ1n) is 17.5. The molecule has 17 nitrogen and oxygen atoms in total. The summed E-state index contributed by atoms with van der Waals surface area (Å²) in [6.07, 6.45) is -2.22. The number of carbonyl (C=O) groups is 3. The van der Waals surface area contributed by atoms with Crippen LogP contribution in [0.2, 0.25) is 0 Å². The fraction of sp³-hybridized carbons (Fsp3) is 0.308. The molecule has 0 bridgehead atoms. The average Bonchev–Trinajstić information content (AvgIpc) is 3.41. The Morgan fingerprint density at radius 3 is 1.58 bits per heavy atom. The van der Waals surface area contributed by atoms with Crippen molar-refractivity contribution in [3.8, 4) is 17.2 Å². The van der Waals surface area contributed by atoms with Crippen molar-refractivity contribution in [2.75, 3.05) is 37.3 Å². The van der Waals surface area contributed by atoms with E-state index >= 15 is 0 Å². The molecule has 1 fully saturated rings. The van der Waals surface area contributed by atoms with E-state index in [0.29, 0.717) is 39.6 Å². The number of nitro benzene ring substituents is 1. The zero-order valence-corrected chi connectivity index (χ0v) is 32.5. The molecule has 0 aliphatic carbocycles. The van der Waals surface area contributed by atoms with Crippen molar-refractivity contribution < 1.29 is 57.0 Å². The van der Waals surface area contributed by atoms with Crippen LogP contribution in [0.15, 0.2) is 78.9 Å². The Morgan fingerprint density at radius 1 is 0.614 bits per heavy atom. The van der Waals surface area contributed by atoms with Crippen LogP contribution in [-0.2, 0) is 43.3 Å². The Balaban J connectivity index is 1.05. The number of hydrogen-bond acceptors (Lipinski definition) is 13. The van der Waals surface area contributed by atoms with Gasteiger partial charge in [0, 0.05) is 46.4 Å². The highest BCUT2D eigenvalue weighted by molar-refractivity contribution is 6.62. The Morgan fingerprint density at radius 2 is 1.05 bits per heavy atom. The molecular weight excluding hydrogens is 743 g/mol. The number of methoxy groups -OCH3 is 3. The maximum absolute atomic E-state index is 12.6. The number of amides is 3. The van der Waals surface area contributed by atoms with Gasteiger partial charge >= 0.3 is 31.1 Å². The monoisotopic (exact) mass is 786 g/mol. The number of rotatable bonds is 14. The van der Waals surface area contributed by atoms with Gasteiger partial charge in [-0.15, -0.1) is 0 Å². The van der Waals surface area contributed by atoms with E-state index in [0.717, 1.165) is 5.46 Å². The quantitative estimate of drug-likeness (QED) is 0.0503. The summed E-state index contributed by atoms with van der Waals surface area (Å²) in [5, 5.41) is 18.9. The summed E-state index contributed by atoms with van der Waals surface area (Å²) >= 11 is 0. The highest BCUT2D eigenvalue weighted by Crippen LogP contribution is 2.37. The fourth-order valence-electron chi connectivity index (χ4n) is 5.44. The zero-order chi connectivity index (χ0) is 41.3. The lowest BCUT2D eigenvalue weighted by molar-refractivity contribution is -0.385. The van der Waals surface area contributed by atoms with Crippen molar-refractivity contribution >= 4 is 53.6 Å². The summed E-state index contributed by atoms with van der Waals surface area (Å²) in [6, 6.07) is 20.7. The molecule has 4 aromatic rings. The largest absolute Gasteiger partial charge is 0.496 e. The molecule has 0 saturated carbocycles. The van der Waals surface area contributed by atoms with Gasteiger partial charge in [0.1, 0.15) is 31.3 Å². The number of benzene rings is 4. The van der Waals surface area contributed by atoms with Crippen molar-refractivity contribution in [3.05, 3.63) is 106 Å². The second-order valence-electron chi connectivity index (χ2n) is 13.6. The van der Waals surface area contributed by atoms with Gasteiger partial charge in [-0.1, -0.05) is 24.3 Å². The highest BCUT2D eigenvalue weighted by atomic mass is 16.7. The predicted molar refractivity (Wildman–Crippen MR) is 209 cm³/mol.